The van der Waals surface area contributed by atoms with Gasteiger partial charge in [-0.25, -0.2) is 13.8 Å². The number of nitriles is 1. The summed E-state index contributed by atoms with van der Waals surface area (Å²) < 4.78 is 35.0. The van der Waals surface area contributed by atoms with E-state index in [1.807, 2.05) is 25.3 Å². The molecule has 4 aromatic rings. The van der Waals surface area contributed by atoms with Crippen molar-refractivity contribution in [1.82, 2.24) is 9.97 Å². The molecule has 0 aliphatic carbocycles. The Bertz CT molecular complexity index is 1440. The van der Waals surface area contributed by atoms with Gasteiger partial charge in [0.05, 0.1) is 17.0 Å². The summed E-state index contributed by atoms with van der Waals surface area (Å²) in [5.74, 6) is 0.225. The first-order valence-electron chi connectivity index (χ1n) is 11.5. The third-order valence-corrected chi connectivity index (χ3v) is 7.07. The Balaban J connectivity index is 1.34. The number of ether oxygens (including phenoxy) is 1. The molecule has 1 fully saturated rings. The molecular formula is C26H24F2N6OS. The lowest BCUT2D eigenvalue weighted by molar-refractivity contribution is 0.460. The van der Waals surface area contributed by atoms with Gasteiger partial charge in [0.15, 0.2) is 11.6 Å². The number of nitrogens with one attached hydrogen (secondary N) is 1. The van der Waals surface area contributed by atoms with E-state index in [4.69, 9.17) is 10.5 Å². The van der Waals surface area contributed by atoms with E-state index in [1.165, 1.54) is 11.3 Å². The van der Waals surface area contributed by atoms with E-state index >= 15 is 0 Å². The first-order valence-corrected chi connectivity index (χ1v) is 12.4. The minimum atomic E-state index is -0.652. The third-order valence-electron chi connectivity index (χ3n) is 6.26. The molecule has 2 aromatic carbocycles. The lowest BCUT2D eigenvalue weighted by Crippen LogP contribution is -2.40. The van der Waals surface area contributed by atoms with E-state index in [0.29, 0.717) is 49.1 Å². The normalized spacial score (nSPS) is 14.1. The fourth-order valence-corrected chi connectivity index (χ4v) is 5.31. The first-order chi connectivity index (χ1) is 17.3. The molecule has 0 unspecified atom stereocenters. The molecule has 36 heavy (non-hydrogen) atoms. The molecular weight excluding hydrogens is 482 g/mol. The van der Waals surface area contributed by atoms with E-state index < -0.39 is 11.6 Å². The zero-order chi connectivity index (χ0) is 25.4. The summed E-state index contributed by atoms with van der Waals surface area (Å²) in [6.07, 6.45) is 1.30. The van der Waals surface area contributed by atoms with E-state index in [1.54, 1.807) is 17.0 Å². The van der Waals surface area contributed by atoms with Crippen LogP contribution in [0.25, 0.3) is 10.2 Å². The molecule has 2 aromatic heterocycles. The highest BCUT2D eigenvalue weighted by molar-refractivity contribution is 7.16. The topological polar surface area (TPSA) is 100 Å². The second kappa shape index (κ2) is 9.59. The summed E-state index contributed by atoms with van der Waals surface area (Å²) >= 11 is 1.49. The summed E-state index contributed by atoms with van der Waals surface area (Å²) in [4.78, 5) is 11.8. The number of piperidine rings is 1. The Kier molecular flexibility index (Phi) is 6.33. The number of halogens is 2. The van der Waals surface area contributed by atoms with Crippen molar-refractivity contribution in [2.45, 2.75) is 32.7 Å². The molecule has 1 saturated heterocycles. The minimum absolute atomic E-state index is 0.0322. The number of nitrogens with two attached hydrogens (primary N) is 1. The van der Waals surface area contributed by atoms with Crippen LogP contribution in [0.4, 0.5) is 26.1 Å². The lowest BCUT2D eigenvalue weighted by Gasteiger charge is -2.34. The van der Waals surface area contributed by atoms with Crippen LogP contribution in [-0.2, 0) is 0 Å². The quantitative estimate of drug-likeness (QED) is 0.324. The molecule has 0 atom stereocenters. The molecule has 10 heteroatoms. The van der Waals surface area contributed by atoms with Crippen LogP contribution in [0.5, 0.6) is 11.6 Å². The lowest BCUT2D eigenvalue weighted by atomic mass is 10.0. The van der Waals surface area contributed by atoms with Gasteiger partial charge >= 0.3 is 0 Å². The van der Waals surface area contributed by atoms with Gasteiger partial charge < -0.3 is 20.7 Å². The Hall–Kier alpha value is -3.97. The number of aryl methyl sites for hydroxylation is 2. The molecule has 1 aliphatic rings. The van der Waals surface area contributed by atoms with Crippen molar-refractivity contribution in [2.75, 3.05) is 29.0 Å². The average molecular weight is 507 g/mol. The maximum atomic E-state index is 14.4. The summed E-state index contributed by atoms with van der Waals surface area (Å²) in [6, 6.07) is 9.97. The third kappa shape index (κ3) is 4.62. The van der Waals surface area contributed by atoms with E-state index in [0.717, 1.165) is 33.5 Å². The van der Waals surface area contributed by atoms with Gasteiger partial charge in [-0.3, -0.25) is 0 Å². The largest absolute Gasteiger partial charge is 0.438 e. The van der Waals surface area contributed by atoms with Gasteiger partial charge in [-0.2, -0.15) is 10.2 Å². The highest BCUT2D eigenvalue weighted by Gasteiger charge is 2.25. The molecule has 3 N–H and O–H groups in total. The molecule has 184 valence electrons. The molecule has 7 nitrogen and oxygen atoms in total. The summed E-state index contributed by atoms with van der Waals surface area (Å²) in [5.41, 5.74) is 7.84. The Labute approximate surface area is 211 Å². The van der Waals surface area contributed by atoms with Crippen molar-refractivity contribution in [3.8, 4) is 17.7 Å². The van der Waals surface area contributed by atoms with Crippen LogP contribution >= 0.6 is 11.3 Å². The Morgan fingerprint density at radius 1 is 1.11 bits per heavy atom. The van der Waals surface area contributed by atoms with Gasteiger partial charge in [-0.05, 0) is 73.5 Å². The molecule has 1 aliphatic heterocycles. The van der Waals surface area contributed by atoms with Crippen molar-refractivity contribution in [3.63, 3.8) is 0 Å². The van der Waals surface area contributed by atoms with Crippen LogP contribution in [0.2, 0.25) is 0 Å². The molecule has 5 rings (SSSR count). The average Bonchev–Trinajstić information content (AvgIpc) is 3.30. The fraction of sp³-hybridized carbons (Fsp3) is 0.269. The summed E-state index contributed by atoms with van der Waals surface area (Å²) in [6.45, 7) is 4.75. The van der Waals surface area contributed by atoms with Gasteiger partial charge in [0.25, 0.3) is 0 Å². The predicted molar refractivity (Wildman–Crippen MR) is 138 cm³/mol. The van der Waals surface area contributed by atoms with Crippen LogP contribution in [-0.4, -0.2) is 29.1 Å². The second-order valence-corrected chi connectivity index (χ2v) is 9.78. The van der Waals surface area contributed by atoms with Crippen molar-refractivity contribution < 1.29 is 13.5 Å². The van der Waals surface area contributed by atoms with Gasteiger partial charge in [-0.15, -0.1) is 11.3 Å². The predicted octanol–water partition coefficient (Wildman–Crippen LogP) is 5.91. The van der Waals surface area contributed by atoms with E-state index in [9.17, 15) is 14.0 Å². The highest BCUT2D eigenvalue weighted by atomic mass is 32.1. The number of thiophene rings is 1. The zero-order valence-electron chi connectivity index (χ0n) is 19.8. The highest BCUT2D eigenvalue weighted by Crippen LogP contribution is 2.35. The van der Waals surface area contributed by atoms with Crippen molar-refractivity contribution in [3.05, 3.63) is 64.0 Å². The number of anilines is 3. The molecule has 0 spiro atoms. The van der Waals surface area contributed by atoms with Crippen LogP contribution in [0.1, 0.15) is 29.5 Å². The molecule has 0 bridgehead atoms. The number of fused-ring (bicyclic) bond motifs is 1. The van der Waals surface area contributed by atoms with Crippen LogP contribution < -0.4 is 20.7 Å². The smallest absolute Gasteiger partial charge is 0.232 e. The molecule has 0 saturated carbocycles. The zero-order valence-corrected chi connectivity index (χ0v) is 20.6. The van der Waals surface area contributed by atoms with Crippen molar-refractivity contribution in [2.24, 2.45) is 0 Å². The van der Waals surface area contributed by atoms with Crippen molar-refractivity contribution in [1.29, 1.82) is 5.26 Å². The first kappa shape index (κ1) is 23.8. The number of aromatic nitrogens is 2. The fourth-order valence-electron chi connectivity index (χ4n) is 4.56. The molecule has 0 amide bonds. The maximum absolute atomic E-state index is 14.4. The van der Waals surface area contributed by atoms with Gasteiger partial charge in [0, 0.05) is 24.8 Å². The Morgan fingerprint density at radius 3 is 2.42 bits per heavy atom. The van der Waals surface area contributed by atoms with Crippen LogP contribution in [0, 0.1) is 36.8 Å². The number of hydrogen-bond donors (Lipinski definition) is 2. The van der Waals surface area contributed by atoms with Crippen molar-refractivity contribution >= 4 is 38.9 Å². The monoisotopic (exact) mass is 506 g/mol. The van der Waals surface area contributed by atoms with Crippen LogP contribution in [0.15, 0.2) is 35.7 Å². The summed E-state index contributed by atoms with van der Waals surface area (Å²) in [7, 11) is 0. The number of benzene rings is 2. The number of hydrogen-bond acceptors (Lipinski definition) is 8. The SMILES string of the molecule is Cc1cc(C#N)cc(C)c1Oc1nc(NC2CCN(c3c(F)cc(N)cc3F)CC2)nc2sccc12. The number of nitrogens with zero attached hydrogens (tertiary/aromatic N) is 4. The van der Waals surface area contributed by atoms with Gasteiger partial charge in [-0.1, -0.05) is 0 Å². The standard InChI is InChI=1S/C26H24F2N6OS/c1-14-9-16(13-29)10-15(2)23(14)35-24-19-5-8-36-25(19)33-26(32-24)31-18-3-6-34(7-4-18)22-20(27)11-17(30)12-21(22)28/h5,8-12,18H,3-4,6-7,30H2,1-2H3,(H,31,32,33). The molecule has 3 heterocycles. The molecule has 0 radical (unpaired) electrons. The summed E-state index contributed by atoms with van der Waals surface area (Å²) in [5, 5.41) is 15.3. The maximum Gasteiger partial charge on any atom is 0.232 e. The van der Waals surface area contributed by atoms with Gasteiger partial charge in [0.1, 0.15) is 16.3 Å². The van der Waals surface area contributed by atoms with Crippen LogP contribution in [0.3, 0.4) is 0 Å². The van der Waals surface area contributed by atoms with Gasteiger partial charge in [0.2, 0.25) is 11.8 Å². The minimum Gasteiger partial charge on any atom is -0.438 e. The van der Waals surface area contributed by atoms with E-state index in [2.05, 4.69) is 21.4 Å². The van der Waals surface area contributed by atoms with E-state index in [-0.39, 0.29) is 17.4 Å². The Morgan fingerprint density at radius 2 is 1.78 bits per heavy atom. The number of rotatable bonds is 5. The number of nitrogen functional groups attached to an aromatic ring is 1. The second-order valence-electron chi connectivity index (χ2n) is 8.88.